The number of ether oxygens (including phenoxy) is 4. The number of rotatable bonds is 11. The Balaban J connectivity index is 0.822. The van der Waals surface area contributed by atoms with Crippen molar-refractivity contribution in [2.24, 2.45) is 41.4 Å². The van der Waals surface area contributed by atoms with Crippen molar-refractivity contribution in [2.75, 3.05) is 14.2 Å². The normalized spacial score (nSPS) is 32.9. The Kier molecular flexibility index (Phi) is 12.0. The number of carbonyl (C=O) groups is 4. The number of aromatic amines is 2. The number of hydrogen-bond donors (Lipinski definition) is 3. The van der Waals surface area contributed by atoms with E-state index in [1.54, 1.807) is 6.20 Å². The monoisotopic (exact) mass is 898 g/mol. The van der Waals surface area contributed by atoms with E-state index >= 15 is 0 Å². The zero-order valence-corrected chi connectivity index (χ0v) is 38.8. The lowest BCUT2D eigenvalue weighted by Gasteiger charge is -2.38. The van der Waals surface area contributed by atoms with E-state index in [0.29, 0.717) is 36.3 Å². The largest absolute Gasteiger partial charge is 0.469 e. The summed E-state index contributed by atoms with van der Waals surface area (Å²) in [5.41, 5.74) is 3.42. The number of nitrogens with one attached hydrogen (secondary N) is 3. The number of Topliss-reactive ketones (excluding diaryl/α,β-unsaturated/α-hetero) is 1. The first-order valence-corrected chi connectivity index (χ1v) is 24.1. The number of piperidine rings is 1. The van der Waals surface area contributed by atoms with Gasteiger partial charge in [0.15, 0.2) is 5.78 Å². The van der Waals surface area contributed by atoms with E-state index in [1.807, 2.05) is 44.9 Å². The molecule has 10 rings (SSSR count). The Morgan fingerprint density at radius 3 is 2.20 bits per heavy atom. The molecule has 0 bridgehead atoms. The predicted molar refractivity (Wildman–Crippen MR) is 245 cm³/mol. The smallest absolute Gasteiger partial charge is 0.407 e. The van der Waals surface area contributed by atoms with Crippen molar-refractivity contribution in [1.82, 2.24) is 30.2 Å². The van der Waals surface area contributed by atoms with Crippen molar-refractivity contribution >= 4 is 34.5 Å². The minimum absolute atomic E-state index is 0.00337. The fourth-order valence-corrected chi connectivity index (χ4v) is 12.6. The van der Waals surface area contributed by atoms with Crippen molar-refractivity contribution < 1.29 is 38.1 Å². The predicted octanol–water partition coefficient (Wildman–Crippen LogP) is 7.63. The molecular formula is C52H62N6O8. The molecule has 14 heteroatoms. The molecule has 0 radical (unpaired) electrons. The number of benzene rings is 2. The van der Waals surface area contributed by atoms with Gasteiger partial charge in [-0.3, -0.25) is 14.4 Å². The van der Waals surface area contributed by atoms with Gasteiger partial charge in [-0.1, -0.05) is 24.1 Å². The minimum Gasteiger partial charge on any atom is -0.469 e. The summed E-state index contributed by atoms with van der Waals surface area (Å²) in [6.45, 7) is 8.13. The molecule has 6 aliphatic rings. The van der Waals surface area contributed by atoms with Crippen LogP contribution in [0.4, 0.5) is 4.79 Å². The Morgan fingerprint density at radius 1 is 0.773 bits per heavy atom. The van der Waals surface area contributed by atoms with Gasteiger partial charge in [0, 0.05) is 29.0 Å². The van der Waals surface area contributed by atoms with Crippen LogP contribution in [0.1, 0.15) is 120 Å². The lowest BCUT2D eigenvalue weighted by Crippen LogP contribution is -2.52. The molecular weight excluding hydrogens is 837 g/mol. The third-order valence-electron chi connectivity index (χ3n) is 15.7. The molecule has 4 aromatic rings. The van der Waals surface area contributed by atoms with Crippen molar-refractivity contribution in [3.63, 3.8) is 0 Å². The van der Waals surface area contributed by atoms with Crippen molar-refractivity contribution in [2.45, 2.75) is 134 Å². The van der Waals surface area contributed by atoms with E-state index in [1.165, 1.54) is 14.2 Å². The second-order valence-electron chi connectivity index (χ2n) is 20.4. The highest BCUT2D eigenvalue weighted by Crippen LogP contribution is 2.61. The fraction of sp³-hybridized carbons (Fsp3) is 0.577. The number of ketones is 1. The maximum absolute atomic E-state index is 14.5. The summed E-state index contributed by atoms with van der Waals surface area (Å²) in [6, 6.07) is 11.8. The summed E-state index contributed by atoms with van der Waals surface area (Å²) < 4.78 is 22.0. The summed E-state index contributed by atoms with van der Waals surface area (Å²) in [6.07, 6.45) is 9.75. The number of nitrogens with zero attached hydrogens (tertiary/aromatic N) is 3. The molecule has 2 aromatic heterocycles. The highest BCUT2D eigenvalue weighted by atomic mass is 16.5. The van der Waals surface area contributed by atoms with Gasteiger partial charge in [-0.2, -0.15) is 0 Å². The van der Waals surface area contributed by atoms with E-state index in [2.05, 4.69) is 57.5 Å². The Hall–Kier alpha value is -5.52. The number of methoxy groups -OCH3 is 2. The van der Waals surface area contributed by atoms with Gasteiger partial charge in [0.25, 0.3) is 0 Å². The Morgan fingerprint density at radius 2 is 1.47 bits per heavy atom. The summed E-state index contributed by atoms with van der Waals surface area (Å²) >= 11 is 0. The second-order valence-corrected chi connectivity index (χ2v) is 20.4. The maximum Gasteiger partial charge on any atom is 0.407 e. The fourth-order valence-electron chi connectivity index (χ4n) is 12.6. The van der Waals surface area contributed by atoms with Crippen LogP contribution in [0.3, 0.4) is 0 Å². The highest BCUT2D eigenvalue weighted by molar-refractivity contribution is 5.91. The van der Waals surface area contributed by atoms with Crippen molar-refractivity contribution in [3.8, 4) is 23.1 Å². The van der Waals surface area contributed by atoms with Gasteiger partial charge in [-0.25, -0.2) is 14.8 Å². The molecule has 5 unspecified atom stereocenters. The maximum atomic E-state index is 14.5. The SMILES string of the molecule is COC(=O)CC(C(=O)N1[C@@H]2C[C@@H]2C[C@H]1c1ncc(C#Cc2ccc3cc(-c4cnc([C@@H]5C[C@H]6C[C@H]6C5C(=O)C(NC(=O)OC)C5C[C@@H](C)O[C@@H](C)C5)[nH]4)ccc3c2)[nH]1)C1C[C@@H](C)O[C@@H](C)C1. The number of imidazole rings is 2. The summed E-state index contributed by atoms with van der Waals surface area (Å²) in [5, 5.41) is 5.04. The molecule has 15 atom stereocenters. The van der Waals surface area contributed by atoms with Gasteiger partial charge >= 0.3 is 12.1 Å². The number of amides is 2. The van der Waals surface area contributed by atoms with E-state index < -0.39 is 18.1 Å². The summed E-state index contributed by atoms with van der Waals surface area (Å²) in [4.78, 5) is 72.8. The topological polar surface area (TPSA) is 178 Å². The standard InChI is InChI=1S/C52H62N6O8/c1-26-13-34(14-27(2)65-26)40(23-45(59)63-5)51(61)58-43-21-36(43)22-44(58)50-53-24-38(55-50)12-8-30-7-9-32-18-33(11-10-31(32)17-30)42-25-54-49(56-42)41-20-35-19-39(35)46(41)48(60)47(57-52(62)64-6)37-15-28(3)66-29(4)16-37/h7,9-11,17-18,24-29,34-37,39-41,43-44,46-47H,13-16,19-23H2,1-6H3,(H,53,55)(H,54,56)(H,57,62)/t26-,27+,28-,29+,34?,35-,36-,37?,39-,40?,41-,43-,44+,46?,47?/m1/s1. The molecule has 3 aliphatic heterocycles. The third kappa shape index (κ3) is 8.88. The molecule has 66 heavy (non-hydrogen) atoms. The van der Waals surface area contributed by atoms with Crippen molar-refractivity contribution in [3.05, 3.63) is 71.7 Å². The molecule has 5 heterocycles. The number of alkyl carbamates (subject to hydrolysis) is 1. The molecule has 348 valence electrons. The zero-order chi connectivity index (χ0) is 46.0. The molecule has 6 fully saturated rings. The lowest BCUT2D eigenvalue weighted by atomic mass is 9.77. The number of esters is 1. The van der Waals surface area contributed by atoms with E-state index in [4.69, 9.17) is 28.9 Å². The Labute approximate surface area is 386 Å². The number of carbonyl (C=O) groups excluding carboxylic acids is 4. The first kappa shape index (κ1) is 44.3. The lowest BCUT2D eigenvalue weighted by molar-refractivity contribution is -0.152. The summed E-state index contributed by atoms with van der Waals surface area (Å²) in [5.74, 6) is 8.33. The number of likely N-dealkylation sites (tertiary alicyclic amines) is 1. The molecule has 3 saturated carbocycles. The van der Waals surface area contributed by atoms with Crippen LogP contribution in [0.25, 0.3) is 22.0 Å². The minimum atomic E-state index is -0.639. The van der Waals surface area contributed by atoms with Crippen LogP contribution in [0.2, 0.25) is 0 Å². The molecule has 3 saturated heterocycles. The van der Waals surface area contributed by atoms with Gasteiger partial charge in [0.05, 0.1) is 81.1 Å². The summed E-state index contributed by atoms with van der Waals surface area (Å²) in [7, 11) is 2.72. The molecule has 2 amide bonds. The number of hydrogen-bond acceptors (Lipinski definition) is 10. The van der Waals surface area contributed by atoms with Gasteiger partial charge < -0.3 is 39.1 Å². The first-order chi connectivity index (χ1) is 31.8. The van der Waals surface area contributed by atoms with Crippen LogP contribution in [0.5, 0.6) is 0 Å². The molecule has 3 N–H and O–H groups in total. The Bertz CT molecular complexity index is 2560. The first-order valence-electron chi connectivity index (χ1n) is 24.1. The highest BCUT2D eigenvalue weighted by Gasteiger charge is 2.59. The van der Waals surface area contributed by atoms with Gasteiger partial charge in [-0.05, 0) is 144 Å². The average Bonchev–Trinajstić information content (AvgIpc) is 3.89. The van der Waals surface area contributed by atoms with Crippen LogP contribution < -0.4 is 5.32 Å². The number of fused-ring (bicyclic) bond motifs is 3. The van der Waals surface area contributed by atoms with Crippen LogP contribution in [0.15, 0.2) is 48.8 Å². The molecule has 2 aromatic carbocycles. The number of aromatic nitrogens is 4. The third-order valence-corrected chi connectivity index (χ3v) is 15.7. The van der Waals surface area contributed by atoms with Gasteiger partial charge in [-0.15, -0.1) is 0 Å². The second kappa shape index (κ2) is 17.9. The van der Waals surface area contributed by atoms with Crippen LogP contribution in [-0.2, 0) is 33.3 Å². The van der Waals surface area contributed by atoms with Crippen LogP contribution in [-0.4, -0.2) is 99.3 Å². The number of H-pyrrole nitrogens is 2. The molecule has 3 aliphatic carbocycles. The van der Waals surface area contributed by atoms with E-state index in [0.717, 1.165) is 77.8 Å². The molecule has 0 spiro atoms. The van der Waals surface area contributed by atoms with E-state index in [-0.39, 0.29) is 84.3 Å². The zero-order valence-electron chi connectivity index (χ0n) is 38.8. The van der Waals surface area contributed by atoms with Crippen LogP contribution >= 0.6 is 0 Å². The quantitative estimate of drug-likeness (QED) is 0.100. The van der Waals surface area contributed by atoms with Gasteiger partial charge in [0.1, 0.15) is 17.3 Å². The van der Waals surface area contributed by atoms with Crippen LogP contribution in [0, 0.1) is 53.3 Å². The van der Waals surface area contributed by atoms with Gasteiger partial charge in [0.2, 0.25) is 5.91 Å². The molecule has 14 nitrogen and oxygen atoms in total. The van der Waals surface area contributed by atoms with Crippen molar-refractivity contribution in [1.29, 1.82) is 0 Å². The van der Waals surface area contributed by atoms with E-state index in [9.17, 15) is 19.2 Å². The average molecular weight is 899 g/mol.